The van der Waals surface area contributed by atoms with Crippen molar-refractivity contribution < 1.29 is 0 Å². The predicted molar refractivity (Wildman–Crippen MR) is 125 cm³/mol. The quantitative estimate of drug-likeness (QED) is 0.276. The predicted octanol–water partition coefficient (Wildman–Crippen LogP) is 7.85. The zero-order valence-electron chi connectivity index (χ0n) is 16.8. The molecule has 0 saturated heterocycles. The van der Waals surface area contributed by atoms with E-state index in [9.17, 15) is 0 Å². The Morgan fingerprint density at radius 2 is 1.17 bits per heavy atom. The first-order valence-corrected chi connectivity index (χ1v) is 10.3. The van der Waals surface area contributed by atoms with Crippen molar-refractivity contribution in [2.75, 3.05) is 0 Å². The van der Waals surface area contributed by atoms with Crippen LogP contribution in [0.5, 0.6) is 0 Å². The molecule has 29 heavy (non-hydrogen) atoms. The third-order valence-corrected chi connectivity index (χ3v) is 6.67. The van der Waals surface area contributed by atoms with Crippen LogP contribution in [0.15, 0.2) is 84.9 Å². The molecule has 0 atom stereocenters. The molecule has 0 radical (unpaired) electrons. The molecule has 0 spiro atoms. The lowest BCUT2D eigenvalue weighted by molar-refractivity contribution is 1.24. The molecule has 1 aliphatic carbocycles. The molecular weight excluding hydrogens is 348 g/mol. The summed E-state index contributed by atoms with van der Waals surface area (Å²) in [5.74, 6) is 0. The maximum Gasteiger partial charge on any atom is -0.000420 e. The van der Waals surface area contributed by atoms with Gasteiger partial charge in [0, 0.05) is 0 Å². The fourth-order valence-electron chi connectivity index (χ4n) is 5.29. The molecule has 5 aromatic rings. The summed E-state index contributed by atoms with van der Waals surface area (Å²) in [6.45, 7) is 4.54. The highest BCUT2D eigenvalue weighted by molar-refractivity contribution is 6.11. The van der Waals surface area contributed by atoms with E-state index in [1.165, 1.54) is 66.1 Å². The van der Waals surface area contributed by atoms with Gasteiger partial charge in [0.2, 0.25) is 0 Å². The summed E-state index contributed by atoms with van der Waals surface area (Å²) >= 11 is 0. The van der Waals surface area contributed by atoms with Crippen LogP contribution >= 0.6 is 0 Å². The molecule has 0 N–H and O–H groups in total. The molecule has 1 aliphatic rings. The van der Waals surface area contributed by atoms with Crippen LogP contribution in [0.3, 0.4) is 0 Å². The lowest BCUT2D eigenvalue weighted by Gasteiger charge is -2.18. The monoisotopic (exact) mass is 370 g/mol. The van der Waals surface area contributed by atoms with Crippen molar-refractivity contribution in [2.45, 2.75) is 20.3 Å². The van der Waals surface area contributed by atoms with Gasteiger partial charge in [-0.05, 0) is 86.3 Å². The van der Waals surface area contributed by atoms with E-state index in [0.29, 0.717) is 0 Å². The van der Waals surface area contributed by atoms with E-state index < -0.39 is 0 Å². The zero-order chi connectivity index (χ0) is 19.5. The van der Waals surface area contributed by atoms with Gasteiger partial charge in [-0.2, -0.15) is 0 Å². The second-order valence-electron chi connectivity index (χ2n) is 8.20. The number of aryl methyl sites for hydroxylation is 1. The Bertz CT molecular complexity index is 1440. The minimum atomic E-state index is 1.02. The second-order valence-corrected chi connectivity index (χ2v) is 8.20. The summed E-state index contributed by atoms with van der Waals surface area (Å²) in [6, 6.07) is 31.1. The highest BCUT2D eigenvalue weighted by Gasteiger charge is 2.27. The average Bonchev–Trinajstić information content (AvgIpc) is 3.16. The topological polar surface area (TPSA) is 0 Å². The molecule has 0 heterocycles. The van der Waals surface area contributed by atoms with E-state index in [1.807, 2.05) is 0 Å². The van der Waals surface area contributed by atoms with Gasteiger partial charge in [0.05, 0.1) is 0 Å². The molecule has 0 aromatic heterocycles. The molecular formula is C29H22. The minimum Gasteiger partial charge on any atom is -0.0620 e. The average molecular weight is 370 g/mol. The van der Waals surface area contributed by atoms with Crippen LogP contribution in [-0.2, 0) is 6.42 Å². The second kappa shape index (κ2) is 6.06. The summed E-state index contributed by atoms with van der Waals surface area (Å²) in [4.78, 5) is 0. The van der Waals surface area contributed by atoms with E-state index in [1.54, 1.807) is 0 Å². The Kier molecular flexibility index (Phi) is 3.46. The van der Waals surface area contributed by atoms with Crippen molar-refractivity contribution in [1.29, 1.82) is 0 Å². The fourth-order valence-corrected chi connectivity index (χ4v) is 5.29. The Labute approximate surface area is 171 Å². The van der Waals surface area contributed by atoms with Gasteiger partial charge in [-0.15, -0.1) is 0 Å². The van der Waals surface area contributed by atoms with Crippen LogP contribution in [0.1, 0.15) is 22.3 Å². The smallest absolute Gasteiger partial charge is 0.000420 e. The van der Waals surface area contributed by atoms with Gasteiger partial charge >= 0.3 is 0 Å². The van der Waals surface area contributed by atoms with Gasteiger partial charge in [-0.3, -0.25) is 0 Å². The largest absolute Gasteiger partial charge is 0.0620 e. The minimum absolute atomic E-state index is 1.02. The maximum absolute atomic E-state index is 2.34. The number of benzene rings is 5. The van der Waals surface area contributed by atoms with Crippen LogP contribution in [-0.4, -0.2) is 0 Å². The lowest BCUT2D eigenvalue weighted by Crippen LogP contribution is -1.95. The van der Waals surface area contributed by atoms with E-state index in [4.69, 9.17) is 0 Å². The van der Waals surface area contributed by atoms with Crippen LogP contribution < -0.4 is 0 Å². The maximum atomic E-state index is 2.34. The van der Waals surface area contributed by atoms with Crippen molar-refractivity contribution >= 4 is 21.5 Å². The number of fused-ring (bicyclic) bond motifs is 7. The summed E-state index contributed by atoms with van der Waals surface area (Å²) in [6.07, 6.45) is 1.02. The molecule has 0 unspecified atom stereocenters. The van der Waals surface area contributed by atoms with Crippen LogP contribution in [0.2, 0.25) is 0 Å². The normalized spacial score (nSPS) is 12.3. The summed E-state index contributed by atoms with van der Waals surface area (Å²) in [5, 5.41) is 5.46. The number of hydrogen-bond donors (Lipinski definition) is 0. The van der Waals surface area contributed by atoms with Crippen molar-refractivity contribution in [3.05, 3.63) is 107 Å². The summed E-state index contributed by atoms with van der Waals surface area (Å²) < 4.78 is 0. The molecule has 6 rings (SSSR count). The SMILES string of the molecule is Cc1ccccc1-c1c(C)c2c(c3ccccc13)-c1ccc3ccccc3c1C2. The fraction of sp³-hybridized carbons (Fsp3) is 0.103. The van der Waals surface area contributed by atoms with Crippen molar-refractivity contribution in [3.63, 3.8) is 0 Å². The van der Waals surface area contributed by atoms with Crippen molar-refractivity contribution in [3.8, 4) is 22.3 Å². The van der Waals surface area contributed by atoms with Crippen molar-refractivity contribution in [2.24, 2.45) is 0 Å². The summed E-state index contributed by atoms with van der Waals surface area (Å²) in [7, 11) is 0. The highest BCUT2D eigenvalue weighted by Crippen LogP contribution is 2.49. The van der Waals surface area contributed by atoms with Gasteiger partial charge < -0.3 is 0 Å². The molecule has 138 valence electrons. The third kappa shape index (κ3) is 2.26. The summed E-state index contributed by atoms with van der Waals surface area (Å²) in [5.41, 5.74) is 11.3. The van der Waals surface area contributed by atoms with Gasteiger partial charge in [0.1, 0.15) is 0 Å². The molecule has 0 bridgehead atoms. The van der Waals surface area contributed by atoms with Gasteiger partial charge in [-0.1, -0.05) is 84.9 Å². The highest BCUT2D eigenvalue weighted by atomic mass is 14.3. The number of rotatable bonds is 1. The van der Waals surface area contributed by atoms with Crippen LogP contribution in [0.4, 0.5) is 0 Å². The first kappa shape index (κ1) is 16.6. The van der Waals surface area contributed by atoms with Crippen LogP contribution in [0.25, 0.3) is 43.8 Å². The van der Waals surface area contributed by atoms with Crippen molar-refractivity contribution in [1.82, 2.24) is 0 Å². The molecule has 0 aliphatic heterocycles. The van der Waals surface area contributed by atoms with Gasteiger partial charge in [0.15, 0.2) is 0 Å². The first-order valence-electron chi connectivity index (χ1n) is 10.3. The molecule has 0 saturated carbocycles. The Hall–Kier alpha value is -3.38. The Balaban J connectivity index is 1.76. The molecule has 0 fully saturated rings. The van der Waals surface area contributed by atoms with Gasteiger partial charge in [0.25, 0.3) is 0 Å². The van der Waals surface area contributed by atoms with E-state index in [-0.39, 0.29) is 0 Å². The van der Waals surface area contributed by atoms with Crippen LogP contribution in [0, 0.1) is 13.8 Å². The Morgan fingerprint density at radius 1 is 0.517 bits per heavy atom. The molecule has 0 nitrogen and oxygen atoms in total. The standard InChI is InChI=1S/C29H22/c1-18-9-3-5-11-21(18)28-19(2)26-17-27-22-12-6-4-10-20(22)15-16-25(27)29(26)24-14-8-7-13-23(24)28/h3-16H,17H2,1-2H3. The van der Waals surface area contributed by atoms with E-state index in [2.05, 4.69) is 98.8 Å². The molecule has 5 aromatic carbocycles. The first-order chi connectivity index (χ1) is 14.2. The molecule has 0 heteroatoms. The molecule has 0 amide bonds. The van der Waals surface area contributed by atoms with E-state index >= 15 is 0 Å². The Morgan fingerprint density at radius 3 is 1.97 bits per heavy atom. The van der Waals surface area contributed by atoms with E-state index in [0.717, 1.165) is 6.42 Å². The lowest BCUT2D eigenvalue weighted by atomic mass is 9.85. The number of hydrogen-bond acceptors (Lipinski definition) is 0. The zero-order valence-corrected chi connectivity index (χ0v) is 16.8. The van der Waals surface area contributed by atoms with Gasteiger partial charge in [-0.25, -0.2) is 0 Å². The third-order valence-electron chi connectivity index (χ3n) is 6.67.